The molecular weight excluding hydrogens is 414 g/mol. The summed E-state index contributed by atoms with van der Waals surface area (Å²) in [5.74, 6) is -0.210. The highest BCUT2D eigenvalue weighted by Crippen LogP contribution is 2.39. The van der Waals surface area contributed by atoms with E-state index in [-0.39, 0.29) is 18.6 Å². The third kappa shape index (κ3) is 3.88. The van der Waals surface area contributed by atoms with Crippen molar-refractivity contribution < 1.29 is 19.2 Å². The van der Waals surface area contributed by atoms with Gasteiger partial charge in [0.25, 0.3) is 0 Å². The lowest BCUT2D eigenvalue weighted by Crippen LogP contribution is -2.10. The number of aliphatic hydroxyl groups excluding tert-OH is 1. The number of carbonyl (C=O) groups excluding carboxylic acids is 1. The number of aromatic nitrogens is 1. The van der Waals surface area contributed by atoms with E-state index in [0.29, 0.717) is 11.5 Å². The molecule has 1 unspecified atom stereocenters. The highest BCUT2D eigenvalue weighted by Gasteiger charge is 2.29. The third-order valence-electron chi connectivity index (χ3n) is 5.81. The standard InChI is InChI=1S/C28H23NO4/c1-2-32-28(31)26-24(17-23(30)18-10-4-3-5-11-18)33-29-27(26)25-21-14-8-6-12-19(21)16-20-13-7-9-15-22(20)25/h3-16,23,30H,2,17H2,1H3. The first-order valence-corrected chi connectivity index (χ1v) is 11.0. The van der Waals surface area contributed by atoms with Crippen LogP contribution in [-0.4, -0.2) is 22.8 Å². The van der Waals surface area contributed by atoms with Gasteiger partial charge in [0.15, 0.2) is 5.76 Å². The minimum Gasteiger partial charge on any atom is -0.462 e. The maximum Gasteiger partial charge on any atom is 0.344 e. The van der Waals surface area contributed by atoms with E-state index in [1.54, 1.807) is 6.92 Å². The number of esters is 1. The third-order valence-corrected chi connectivity index (χ3v) is 5.81. The second kappa shape index (κ2) is 8.88. The van der Waals surface area contributed by atoms with Gasteiger partial charge in [0.1, 0.15) is 11.3 Å². The lowest BCUT2D eigenvalue weighted by atomic mass is 9.92. The highest BCUT2D eigenvalue weighted by molar-refractivity contribution is 6.14. The molecule has 0 radical (unpaired) electrons. The number of carbonyl (C=O) groups is 1. The van der Waals surface area contributed by atoms with Crippen LogP contribution in [0.3, 0.4) is 0 Å². The van der Waals surface area contributed by atoms with Crippen LogP contribution in [-0.2, 0) is 11.2 Å². The van der Waals surface area contributed by atoms with Crippen molar-refractivity contribution in [3.63, 3.8) is 0 Å². The predicted octanol–water partition coefficient (Wildman–Crippen LogP) is 6.10. The van der Waals surface area contributed by atoms with E-state index in [0.717, 1.165) is 32.7 Å². The number of rotatable bonds is 6. The smallest absolute Gasteiger partial charge is 0.344 e. The molecule has 1 atom stereocenters. The second-order valence-electron chi connectivity index (χ2n) is 7.87. The molecule has 0 spiro atoms. The minimum atomic E-state index is -0.843. The monoisotopic (exact) mass is 437 g/mol. The summed E-state index contributed by atoms with van der Waals surface area (Å²) >= 11 is 0. The molecule has 5 aromatic rings. The molecule has 0 saturated heterocycles. The summed E-state index contributed by atoms with van der Waals surface area (Å²) in [5.41, 5.74) is 2.24. The summed E-state index contributed by atoms with van der Waals surface area (Å²) in [6.45, 7) is 1.98. The van der Waals surface area contributed by atoms with Gasteiger partial charge in [-0.05, 0) is 40.1 Å². The fourth-order valence-corrected chi connectivity index (χ4v) is 4.29. The summed E-state index contributed by atoms with van der Waals surface area (Å²) < 4.78 is 11.1. The van der Waals surface area contributed by atoms with Gasteiger partial charge in [0, 0.05) is 12.0 Å². The van der Waals surface area contributed by atoms with Crippen molar-refractivity contribution in [1.82, 2.24) is 5.16 Å². The normalized spacial score (nSPS) is 12.2. The lowest BCUT2D eigenvalue weighted by molar-refractivity contribution is 0.0523. The van der Waals surface area contributed by atoms with Crippen LogP contribution in [0.25, 0.3) is 32.8 Å². The molecule has 0 bridgehead atoms. The molecule has 0 saturated carbocycles. The minimum absolute atomic E-state index is 0.105. The Hall–Kier alpha value is -3.96. The van der Waals surface area contributed by atoms with E-state index >= 15 is 0 Å². The van der Waals surface area contributed by atoms with E-state index in [1.807, 2.05) is 78.9 Å². The summed E-state index contributed by atoms with van der Waals surface area (Å²) in [7, 11) is 0. The topological polar surface area (TPSA) is 72.6 Å². The average molecular weight is 437 g/mol. The van der Waals surface area contributed by atoms with Gasteiger partial charge in [0.2, 0.25) is 0 Å². The summed E-state index contributed by atoms with van der Waals surface area (Å²) in [6, 6.07) is 27.4. The molecule has 5 rings (SSSR count). The molecule has 0 fully saturated rings. The van der Waals surface area contributed by atoms with Crippen molar-refractivity contribution in [2.24, 2.45) is 0 Å². The molecule has 1 heterocycles. The summed E-state index contributed by atoms with van der Waals surface area (Å²) in [6.07, 6.45) is -0.738. The Morgan fingerprint density at radius 3 is 2.18 bits per heavy atom. The van der Waals surface area contributed by atoms with E-state index in [1.165, 1.54) is 0 Å². The summed E-state index contributed by atoms with van der Waals surface area (Å²) in [5, 5.41) is 19.1. The second-order valence-corrected chi connectivity index (χ2v) is 7.87. The number of ether oxygens (including phenoxy) is 1. The Labute approximate surface area is 191 Å². The molecule has 1 N–H and O–H groups in total. The van der Waals surface area contributed by atoms with E-state index < -0.39 is 12.1 Å². The van der Waals surface area contributed by atoms with Gasteiger partial charge >= 0.3 is 5.97 Å². The van der Waals surface area contributed by atoms with Crippen LogP contribution >= 0.6 is 0 Å². The van der Waals surface area contributed by atoms with Crippen LogP contribution in [0.15, 0.2) is 89.5 Å². The average Bonchev–Trinajstić information content (AvgIpc) is 3.26. The molecule has 33 heavy (non-hydrogen) atoms. The molecule has 5 nitrogen and oxygen atoms in total. The number of fused-ring (bicyclic) bond motifs is 2. The molecule has 4 aromatic carbocycles. The van der Waals surface area contributed by atoms with Crippen LogP contribution < -0.4 is 0 Å². The number of aliphatic hydroxyl groups is 1. The molecule has 0 aliphatic carbocycles. The first kappa shape index (κ1) is 20.9. The lowest BCUT2D eigenvalue weighted by Gasteiger charge is -2.12. The van der Waals surface area contributed by atoms with Crippen LogP contribution in [0.5, 0.6) is 0 Å². The zero-order valence-electron chi connectivity index (χ0n) is 18.2. The Balaban J connectivity index is 1.72. The number of benzene rings is 4. The molecule has 0 aliphatic rings. The Morgan fingerprint density at radius 2 is 1.55 bits per heavy atom. The first-order chi connectivity index (χ1) is 16.2. The Morgan fingerprint density at radius 1 is 0.939 bits per heavy atom. The fourth-order valence-electron chi connectivity index (χ4n) is 4.29. The van der Waals surface area contributed by atoms with Crippen LogP contribution in [0.1, 0.15) is 34.7 Å². The SMILES string of the molecule is CCOC(=O)c1c(-c2c3ccccc3cc3ccccc23)noc1CC(O)c1ccccc1. The maximum atomic E-state index is 13.1. The van der Waals surface area contributed by atoms with E-state index in [9.17, 15) is 9.90 Å². The molecule has 1 aromatic heterocycles. The van der Waals surface area contributed by atoms with Crippen LogP contribution in [0.4, 0.5) is 0 Å². The van der Waals surface area contributed by atoms with Crippen molar-refractivity contribution in [2.45, 2.75) is 19.4 Å². The van der Waals surface area contributed by atoms with E-state index in [4.69, 9.17) is 9.26 Å². The molecule has 5 heteroatoms. The zero-order chi connectivity index (χ0) is 22.8. The van der Waals surface area contributed by atoms with E-state index in [2.05, 4.69) is 11.2 Å². The Bertz CT molecular complexity index is 1380. The van der Waals surface area contributed by atoms with Gasteiger partial charge < -0.3 is 14.4 Å². The van der Waals surface area contributed by atoms with Gasteiger partial charge in [-0.15, -0.1) is 0 Å². The quantitative estimate of drug-likeness (QED) is 0.257. The molecule has 164 valence electrons. The Kier molecular flexibility index (Phi) is 5.63. The predicted molar refractivity (Wildman–Crippen MR) is 128 cm³/mol. The van der Waals surface area contributed by atoms with Crippen molar-refractivity contribution in [3.8, 4) is 11.3 Å². The summed E-state index contributed by atoms with van der Waals surface area (Å²) in [4.78, 5) is 13.1. The highest BCUT2D eigenvalue weighted by atomic mass is 16.5. The number of hydrogen-bond donors (Lipinski definition) is 1. The zero-order valence-corrected chi connectivity index (χ0v) is 18.2. The number of nitrogens with zero attached hydrogens (tertiary/aromatic N) is 1. The molecular formula is C28H23NO4. The van der Waals surface area contributed by atoms with Crippen molar-refractivity contribution in [3.05, 3.63) is 102 Å². The molecule has 0 aliphatic heterocycles. The first-order valence-electron chi connectivity index (χ1n) is 11.0. The van der Waals surface area contributed by atoms with Crippen molar-refractivity contribution >= 4 is 27.5 Å². The van der Waals surface area contributed by atoms with Crippen molar-refractivity contribution in [2.75, 3.05) is 6.61 Å². The van der Waals surface area contributed by atoms with Crippen LogP contribution in [0.2, 0.25) is 0 Å². The van der Waals surface area contributed by atoms with Crippen molar-refractivity contribution in [1.29, 1.82) is 0 Å². The number of hydrogen-bond acceptors (Lipinski definition) is 5. The van der Waals surface area contributed by atoms with Crippen LogP contribution in [0, 0.1) is 0 Å². The van der Waals surface area contributed by atoms with Gasteiger partial charge in [-0.25, -0.2) is 4.79 Å². The molecule has 0 amide bonds. The van der Waals surface area contributed by atoms with Gasteiger partial charge in [-0.1, -0.05) is 84.0 Å². The van der Waals surface area contributed by atoms with Gasteiger partial charge in [-0.3, -0.25) is 0 Å². The van der Waals surface area contributed by atoms with Gasteiger partial charge in [0.05, 0.1) is 12.7 Å². The largest absolute Gasteiger partial charge is 0.462 e. The fraction of sp³-hybridized carbons (Fsp3) is 0.143. The van der Waals surface area contributed by atoms with Gasteiger partial charge in [-0.2, -0.15) is 0 Å². The maximum absolute atomic E-state index is 13.1.